The summed E-state index contributed by atoms with van der Waals surface area (Å²) < 4.78 is 34.8. The van der Waals surface area contributed by atoms with Crippen LogP contribution in [0.4, 0.5) is 10.1 Å². The quantitative estimate of drug-likeness (QED) is 0.324. The Bertz CT molecular complexity index is 1890. The summed E-state index contributed by atoms with van der Waals surface area (Å²) in [6.45, 7) is 5.04. The molecule has 39 heavy (non-hydrogen) atoms. The standard InChI is InChI=1S/C28H24FN5O5/c1-15-14-37-25-23-17(12-19(29)24(25)33-9-7-32(2)8-10-33)21(35)13-20(34(15)23)27-31-30-26(39-27)18-11-16-5-3-4-6-22(16)38-28(18)36/h3-6,11-13,15H,7-10,14H2,1-2H3. The number of halogens is 1. The summed E-state index contributed by atoms with van der Waals surface area (Å²) in [6.07, 6.45) is 0. The molecular weight excluding hydrogens is 505 g/mol. The van der Waals surface area contributed by atoms with Gasteiger partial charge in [-0.3, -0.25) is 4.79 Å². The molecule has 0 bridgehead atoms. The number of fused-ring (bicyclic) bond motifs is 1. The highest BCUT2D eigenvalue weighted by atomic mass is 19.1. The lowest BCUT2D eigenvalue weighted by atomic mass is 10.1. The third-order valence-corrected chi connectivity index (χ3v) is 7.46. The first-order valence-electron chi connectivity index (χ1n) is 12.7. The molecule has 10 nitrogen and oxygen atoms in total. The van der Waals surface area contributed by atoms with Crippen LogP contribution in [0.1, 0.15) is 13.0 Å². The van der Waals surface area contributed by atoms with Gasteiger partial charge >= 0.3 is 5.63 Å². The number of hydrogen-bond acceptors (Lipinski definition) is 9. The van der Waals surface area contributed by atoms with Crippen LogP contribution >= 0.6 is 0 Å². The number of anilines is 1. The number of nitrogens with zero attached hydrogens (tertiary/aromatic N) is 5. The number of para-hydroxylation sites is 1. The van der Waals surface area contributed by atoms with Crippen molar-refractivity contribution < 1.29 is 18.0 Å². The van der Waals surface area contributed by atoms with Gasteiger partial charge in [0.05, 0.1) is 16.9 Å². The molecule has 0 amide bonds. The van der Waals surface area contributed by atoms with E-state index in [2.05, 4.69) is 15.1 Å². The van der Waals surface area contributed by atoms with Crippen molar-refractivity contribution in [2.75, 3.05) is 44.7 Å². The predicted molar refractivity (Wildman–Crippen MR) is 143 cm³/mol. The fourth-order valence-corrected chi connectivity index (χ4v) is 5.43. The van der Waals surface area contributed by atoms with E-state index in [1.165, 1.54) is 12.1 Å². The lowest BCUT2D eigenvalue weighted by Gasteiger charge is -2.37. The fraction of sp³-hybridized carbons (Fsp3) is 0.286. The number of ether oxygens (including phenoxy) is 1. The van der Waals surface area contributed by atoms with Crippen molar-refractivity contribution in [1.29, 1.82) is 0 Å². The monoisotopic (exact) mass is 529 g/mol. The lowest BCUT2D eigenvalue weighted by molar-refractivity contribution is 0.245. The van der Waals surface area contributed by atoms with Gasteiger partial charge in [-0.1, -0.05) is 18.2 Å². The van der Waals surface area contributed by atoms with Crippen LogP contribution in [-0.2, 0) is 0 Å². The summed E-state index contributed by atoms with van der Waals surface area (Å²) in [5.41, 5.74) is 0.752. The molecule has 198 valence electrons. The highest BCUT2D eigenvalue weighted by Crippen LogP contribution is 2.43. The van der Waals surface area contributed by atoms with E-state index < -0.39 is 16.9 Å². The predicted octanol–water partition coefficient (Wildman–Crippen LogP) is 3.67. The molecule has 2 aliphatic rings. The molecule has 0 saturated carbocycles. The van der Waals surface area contributed by atoms with E-state index in [0.29, 0.717) is 46.7 Å². The Kier molecular flexibility index (Phi) is 5.31. The van der Waals surface area contributed by atoms with Crippen molar-refractivity contribution in [1.82, 2.24) is 19.7 Å². The summed E-state index contributed by atoms with van der Waals surface area (Å²) in [7, 11) is 2.03. The maximum absolute atomic E-state index is 15.5. The van der Waals surface area contributed by atoms with E-state index in [9.17, 15) is 9.59 Å². The highest BCUT2D eigenvalue weighted by Gasteiger charge is 2.32. The Morgan fingerprint density at radius 2 is 1.74 bits per heavy atom. The van der Waals surface area contributed by atoms with Gasteiger partial charge in [-0.2, -0.15) is 0 Å². The average molecular weight is 530 g/mol. The Balaban J connectivity index is 1.41. The number of benzene rings is 2. The van der Waals surface area contributed by atoms with Gasteiger partial charge in [-0.05, 0) is 32.2 Å². The molecule has 0 spiro atoms. The van der Waals surface area contributed by atoms with Crippen LogP contribution < -0.4 is 20.7 Å². The molecule has 0 aliphatic carbocycles. The second-order valence-corrected chi connectivity index (χ2v) is 10.0. The third kappa shape index (κ3) is 3.72. The van der Waals surface area contributed by atoms with Gasteiger partial charge in [0.25, 0.3) is 11.8 Å². The molecule has 1 unspecified atom stereocenters. The van der Waals surface area contributed by atoms with Crippen LogP contribution in [0.15, 0.2) is 60.9 Å². The van der Waals surface area contributed by atoms with Crippen molar-refractivity contribution in [2.45, 2.75) is 13.0 Å². The SMILES string of the molecule is CC1COc2c(N3CCN(C)CC3)c(F)cc3c(=O)cc(-c4nnc(-c5cc6ccccc6oc5=O)o4)n1c23. The van der Waals surface area contributed by atoms with Gasteiger partial charge < -0.3 is 27.9 Å². The largest absolute Gasteiger partial charge is 0.487 e. The number of pyridine rings is 1. The van der Waals surface area contributed by atoms with Crippen LogP contribution in [-0.4, -0.2) is 59.5 Å². The van der Waals surface area contributed by atoms with Crippen molar-refractivity contribution >= 4 is 27.6 Å². The van der Waals surface area contributed by atoms with Crippen LogP contribution in [0.2, 0.25) is 0 Å². The van der Waals surface area contributed by atoms with Crippen molar-refractivity contribution in [3.63, 3.8) is 0 Å². The second-order valence-electron chi connectivity index (χ2n) is 10.0. The van der Waals surface area contributed by atoms with E-state index in [1.807, 2.05) is 35.6 Å². The number of piperazine rings is 1. The van der Waals surface area contributed by atoms with Crippen molar-refractivity contribution in [2.24, 2.45) is 0 Å². The van der Waals surface area contributed by atoms with E-state index in [4.69, 9.17) is 13.6 Å². The summed E-state index contributed by atoms with van der Waals surface area (Å²) in [5.74, 6) is -0.124. The molecular formula is C28H24FN5O5. The zero-order valence-electron chi connectivity index (χ0n) is 21.3. The summed E-state index contributed by atoms with van der Waals surface area (Å²) in [6, 6.07) is 11.2. The fourth-order valence-electron chi connectivity index (χ4n) is 5.43. The molecule has 5 aromatic rings. The van der Waals surface area contributed by atoms with Crippen LogP contribution in [0.3, 0.4) is 0 Å². The lowest BCUT2D eigenvalue weighted by Crippen LogP contribution is -2.45. The molecule has 1 atom stereocenters. The number of likely N-dealkylation sites (N-methyl/N-ethyl adjacent to an activating group) is 1. The number of rotatable bonds is 3. The molecule has 11 heteroatoms. The molecule has 0 N–H and O–H groups in total. The molecule has 1 saturated heterocycles. The first kappa shape index (κ1) is 23.6. The average Bonchev–Trinajstić information content (AvgIpc) is 3.42. The van der Waals surface area contributed by atoms with E-state index in [0.717, 1.165) is 13.1 Å². The summed E-state index contributed by atoms with van der Waals surface area (Å²) in [4.78, 5) is 30.1. The molecule has 2 aliphatic heterocycles. The zero-order chi connectivity index (χ0) is 26.8. The minimum atomic E-state index is -0.614. The maximum atomic E-state index is 15.5. The van der Waals surface area contributed by atoms with E-state index in [-0.39, 0.29) is 35.4 Å². The smallest absolute Gasteiger partial charge is 0.349 e. The van der Waals surface area contributed by atoms with Gasteiger partial charge in [-0.25, -0.2) is 9.18 Å². The van der Waals surface area contributed by atoms with Gasteiger partial charge in [-0.15, -0.1) is 10.2 Å². The van der Waals surface area contributed by atoms with E-state index in [1.54, 1.807) is 18.2 Å². The Labute approximate surface area is 220 Å². The third-order valence-electron chi connectivity index (χ3n) is 7.46. The molecule has 1 fully saturated rings. The zero-order valence-corrected chi connectivity index (χ0v) is 21.3. The topological polar surface area (TPSA) is 107 Å². The number of aromatic nitrogens is 3. The molecule has 2 aromatic carbocycles. The van der Waals surface area contributed by atoms with E-state index >= 15 is 4.39 Å². The Hall–Kier alpha value is -4.51. The van der Waals surface area contributed by atoms with Gasteiger partial charge in [0.15, 0.2) is 17.0 Å². The molecule has 5 heterocycles. The van der Waals surface area contributed by atoms with Crippen LogP contribution in [0, 0.1) is 5.82 Å². The van der Waals surface area contributed by atoms with Crippen LogP contribution in [0.25, 0.3) is 44.9 Å². The normalized spacial score (nSPS) is 17.6. The first-order chi connectivity index (χ1) is 18.9. The van der Waals surface area contributed by atoms with Crippen molar-refractivity contribution in [3.05, 3.63) is 68.9 Å². The summed E-state index contributed by atoms with van der Waals surface area (Å²) in [5, 5.41) is 9.20. The summed E-state index contributed by atoms with van der Waals surface area (Å²) >= 11 is 0. The molecule has 7 rings (SSSR count). The minimum absolute atomic E-state index is 0.0259. The minimum Gasteiger partial charge on any atom is -0.487 e. The maximum Gasteiger partial charge on any atom is 0.349 e. The van der Waals surface area contributed by atoms with Gasteiger partial charge in [0, 0.05) is 37.6 Å². The second kappa shape index (κ2) is 8.77. The van der Waals surface area contributed by atoms with Gasteiger partial charge in [0.2, 0.25) is 0 Å². The highest BCUT2D eigenvalue weighted by molar-refractivity contribution is 5.93. The van der Waals surface area contributed by atoms with Gasteiger partial charge in [0.1, 0.15) is 29.1 Å². The van der Waals surface area contributed by atoms with Crippen LogP contribution in [0.5, 0.6) is 5.75 Å². The van der Waals surface area contributed by atoms with Crippen molar-refractivity contribution in [3.8, 4) is 28.8 Å². The Morgan fingerprint density at radius 1 is 0.974 bits per heavy atom. The molecule has 3 aromatic heterocycles. The first-order valence-corrected chi connectivity index (χ1v) is 12.7. The molecule has 0 radical (unpaired) electrons. The Morgan fingerprint density at radius 3 is 2.56 bits per heavy atom. The number of hydrogen-bond donors (Lipinski definition) is 0.